The molecule has 31 heavy (non-hydrogen) atoms. The van der Waals surface area contributed by atoms with Crippen LogP contribution in [0.15, 0.2) is 60.8 Å². The van der Waals surface area contributed by atoms with E-state index in [9.17, 15) is 27.5 Å². The highest BCUT2D eigenvalue weighted by molar-refractivity contribution is 6.03. The first-order chi connectivity index (χ1) is 14.8. The van der Waals surface area contributed by atoms with Gasteiger partial charge in [0.15, 0.2) is 11.6 Å². The summed E-state index contributed by atoms with van der Waals surface area (Å²) in [6.45, 7) is -0.253. The summed E-state index contributed by atoms with van der Waals surface area (Å²) >= 11 is 0. The minimum Gasteiger partial charge on any atom is -0.488 e. The lowest BCUT2D eigenvalue weighted by atomic mass is 10.1. The third-order valence-electron chi connectivity index (χ3n) is 4.88. The van der Waals surface area contributed by atoms with Crippen molar-refractivity contribution in [1.82, 2.24) is 4.57 Å². The molecule has 0 saturated carbocycles. The number of aromatic nitrogens is 1. The second-order valence-corrected chi connectivity index (χ2v) is 6.89. The number of rotatable bonds is 6. The maximum absolute atomic E-state index is 13.9. The number of ether oxygens (including phenoxy) is 1. The van der Waals surface area contributed by atoms with E-state index in [1.54, 1.807) is 29.0 Å². The van der Waals surface area contributed by atoms with Crippen LogP contribution in [0.1, 0.15) is 21.5 Å². The number of hydrogen-bond donors (Lipinski definition) is 1. The van der Waals surface area contributed by atoms with Gasteiger partial charge in [0.25, 0.3) is 0 Å². The highest BCUT2D eigenvalue weighted by atomic mass is 19.2. The molecule has 1 aromatic heterocycles. The van der Waals surface area contributed by atoms with Crippen molar-refractivity contribution in [3.63, 3.8) is 0 Å². The van der Waals surface area contributed by atoms with E-state index in [0.29, 0.717) is 28.6 Å². The standard InChI is InChI=1S/C23H15F4NO3/c24-15-4-5-22(31-12-14-9-19(26)20(27)10-18(14)25)13(8-15)11-28-7-6-16-17(23(29)30)2-1-3-21(16)28/h1-10H,11-12H2,(H,29,30). The average molecular weight is 429 g/mol. The molecule has 0 bridgehead atoms. The number of benzene rings is 3. The van der Waals surface area contributed by atoms with Crippen LogP contribution in [0.5, 0.6) is 5.75 Å². The van der Waals surface area contributed by atoms with Crippen LogP contribution < -0.4 is 4.74 Å². The van der Waals surface area contributed by atoms with Crippen LogP contribution in [-0.2, 0) is 13.2 Å². The summed E-state index contributed by atoms with van der Waals surface area (Å²) in [6, 6.07) is 11.4. The van der Waals surface area contributed by atoms with Crippen LogP contribution in [0.25, 0.3) is 10.9 Å². The summed E-state index contributed by atoms with van der Waals surface area (Å²) in [7, 11) is 0. The largest absolute Gasteiger partial charge is 0.488 e. The fourth-order valence-electron chi connectivity index (χ4n) is 3.37. The molecular weight excluding hydrogens is 414 g/mol. The molecule has 0 unspecified atom stereocenters. The van der Waals surface area contributed by atoms with Crippen LogP contribution in [-0.4, -0.2) is 15.6 Å². The number of aromatic carboxylic acids is 1. The molecule has 1 N–H and O–H groups in total. The zero-order valence-corrected chi connectivity index (χ0v) is 15.9. The highest BCUT2D eigenvalue weighted by Gasteiger charge is 2.15. The maximum atomic E-state index is 13.9. The van der Waals surface area contributed by atoms with Crippen LogP contribution in [0.4, 0.5) is 17.6 Å². The van der Waals surface area contributed by atoms with Crippen molar-refractivity contribution in [1.29, 1.82) is 0 Å². The van der Waals surface area contributed by atoms with E-state index >= 15 is 0 Å². The minimum atomic E-state index is -1.30. The summed E-state index contributed by atoms with van der Waals surface area (Å²) in [5.41, 5.74) is 0.982. The van der Waals surface area contributed by atoms with Crippen molar-refractivity contribution >= 4 is 16.9 Å². The molecule has 158 valence electrons. The Morgan fingerprint density at radius 1 is 0.903 bits per heavy atom. The second kappa shape index (κ2) is 8.14. The summed E-state index contributed by atoms with van der Waals surface area (Å²) in [6.07, 6.45) is 1.67. The number of fused-ring (bicyclic) bond motifs is 1. The summed E-state index contributed by atoms with van der Waals surface area (Å²) in [5.74, 6) is -4.83. The Morgan fingerprint density at radius 3 is 2.45 bits per heavy atom. The SMILES string of the molecule is O=C(O)c1cccc2c1ccn2Cc1cc(F)ccc1OCc1cc(F)c(F)cc1F. The smallest absolute Gasteiger partial charge is 0.336 e. The molecule has 0 amide bonds. The molecule has 4 aromatic rings. The molecule has 8 heteroatoms. The molecule has 0 aliphatic heterocycles. The topological polar surface area (TPSA) is 51.5 Å². The predicted molar refractivity (Wildman–Crippen MR) is 105 cm³/mol. The Kier molecular flexibility index (Phi) is 5.37. The van der Waals surface area contributed by atoms with Crippen molar-refractivity contribution in [2.45, 2.75) is 13.2 Å². The highest BCUT2D eigenvalue weighted by Crippen LogP contribution is 2.26. The van der Waals surface area contributed by atoms with E-state index < -0.39 is 35.8 Å². The van der Waals surface area contributed by atoms with Gasteiger partial charge in [0, 0.05) is 34.3 Å². The quantitative estimate of drug-likeness (QED) is 0.324. The molecule has 3 aromatic carbocycles. The number of carboxylic acid groups (broad SMARTS) is 1. The van der Waals surface area contributed by atoms with Gasteiger partial charge in [-0.05, 0) is 42.5 Å². The van der Waals surface area contributed by atoms with Gasteiger partial charge in [-0.25, -0.2) is 22.4 Å². The zero-order chi connectivity index (χ0) is 22.1. The zero-order valence-electron chi connectivity index (χ0n) is 15.9. The van der Waals surface area contributed by atoms with Gasteiger partial charge < -0.3 is 14.4 Å². The molecule has 1 heterocycles. The monoisotopic (exact) mass is 429 g/mol. The number of nitrogens with zero attached hydrogens (tertiary/aromatic N) is 1. The van der Waals surface area contributed by atoms with Crippen molar-refractivity contribution in [3.8, 4) is 5.75 Å². The lowest BCUT2D eigenvalue weighted by Gasteiger charge is -2.14. The Balaban J connectivity index is 1.64. The molecule has 4 nitrogen and oxygen atoms in total. The van der Waals surface area contributed by atoms with Gasteiger partial charge in [-0.1, -0.05) is 6.07 Å². The Bertz CT molecular complexity index is 1300. The fourth-order valence-corrected chi connectivity index (χ4v) is 3.37. The molecule has 0 spiro atoms. The van der Waals surface area contributed by atoms with E-state index in [1.807, 2.05) is 0 Å². The molecular formula is C23H15F4NO3. The number of halogens is 4. The average Bonchev–Trinajstić information content (AvgIpc) is 3.13. The minimum absolute atomic E-state index is 0.139. The van der Waals surface area contributed by atoms with Crippen LogP contribution in [0.3, 0.4) is 0 Å². The lowest BCUT2D eigenvalue weighted by Crippen LogP contribution is -2.06. The van der Waals surface area contributed by atoms with Gasteiger partial charge in [0.1, 0.15) is 24.0 Å². The van der Waals surface area contributed by atoms with E-state index in [1.165, 1.54) is 18.2 Å². The second-order valence-electron chi connectivity index (χ2n) is 6.89. The molecule has 0 saturated heterocycles. The Labute approximate surface area is 173 Å². The third-order valence-corrected chi connectivity index (χ3v) is 4.88. The van der Waals surface area contributed by atoms with E-state index in [2.05, 4.69) is 0 Å². The van der Waals surface area contributed by atoms with Crippen LogP contribution in [0, 0.1) is 23.3 Å². The summed E-state index contributed by atoms with van der Waals surface area (Å²) in [4.78, 5) is 11.4. The fraction of sp³-hybridized carbons (Fsp3) is 0.0870. The first-order valence-corrected chi connectivity index (χ1v) is 9.19. The van der Waals surface area contributed by atoms with Crippen LogP contribution >= 0.6 is 0 Å². The molecule has 4 rings (SSSR count). The van der Waals surface area contributed by atoms with E-state index in [-0.39, 0.29) is 23.4 Å². The maximum Gasteiger partial charge on any atom is 0.336 e. The molecule has 0 aliphatic carbocycles. The van der Waals surface area contributed by atoms with Crippen molar-refractivity contribution in [3.05, 3.63) is 101 Å². The third kappa shape index (κ3) is 4.09. The number of carboxylic acids is 1. The number of carbonyl (C=O) groups is 1. The van der Waals surface area contributed by atoms with Crippen molar-refractivity contribution in [2.24, 2.45) is 0 Å². The van der Waals surface area contributed by atoms with Gasteiger partial charge in [-0.2, -0.15) is 0 Å². The predicted octanol–water partition coefficient (Wildman–Crippen LogP) is 5.52. The van der Waals surface area contributed by atoms with Gasteiger partial charge >= 0.3 is 5.97 Å². The molecule has 0 atom stereocenters. The van der Waals surface area contributed by atoms with E-state index in [0.717, 1.165) is 6.07 Å². The molecule has 0 radical (unpaired) electrons. The van der Waals surface area contributed by atoms with Gasteiger partial charge in [-0.15, -0.1) is 0 Å². The number of hydrogen-bond acceptors (Lipinski definition) is 2. The van der Waals surface area contributed by atoms with E-state index in [4.69, 9.17) is 4.74 Å². The Hall–Kier alpha value is -3.81. The molecule has 0 fully saturated rings. The van der Waals surface area contributed by atoms with Gasteiger partial charge in [-0.3, -0.25) is 0 Å². The van der Waals surface area contributed by atoms with Gasteiger partial charge in [0.2, 0.25) is 0 Å². The normalized spacial score (nSPS) is 11.1. The van der Waals surface area contributed by atoms with Gasteiger partial charge in [0.05, 0.1) is 12.1 Å². The Morgan fingerprint density at radius 2 is 1.68 bits per heavy atom. The first kappa shape index (κ1) is 20.5. The summed E-state index contributed by atoms with van der Waals surface area (Å²) < 4.78 is 61.6. The summed E-state index contributed by atoms with van der Waals surface area (Å²) in [5, 5.41) is 9.87. The van der Waals surface area contributed by atoms with Crippen molar-refractivity contribution < 1.29 is 32.2 Å². The van der Waals surface area contributed by atoms with Crippen molar-refractivity contribution in [2.75, 3.05) is 0 Å². The van der Waals surface area contributed by atoms with Crippen LogP contribution in [0.2, 0.25) is 0 Å². The molecule has 0 aliphatic rings. The first-order valence-electron chi connectivity index (χ1n) is 9.19. The lowest BCUT2D eigenvalue weighted by molar-refractivity contribution is 0.0699.